The quantitative estimate of drug-likeness (QED) is 0.897. The topological polar surface area (TPSA) is 74.9 Å². The summed E-state index contributed by atoms with van der Waals surface area (Å²) in [5.74, 6) is -0.326. The molecule has 1 heterocycles. The maximum Gasteiger partial charge on any atom is 0.269 e. The molecule has 0 unspecified atom stereocenters. The first-order valence-electron chi connectivity index (χ1n) is 7.00. The molecule has 1 aromatic heterocycles. The number of aryl methyl sites for hydroxylation is 3. The summed E-state index contributed by atoms with van der Waals surface area (Å²) < 4.78 is 2.08. The summed E-state index contributed by atoms with van der Waals surface area (Å²) in [6, 6.07) is 9.20. The smallest absolute Gasteiger partial charge is 0.269 e. The summed E-state index contributed by atoms with van der Waals surface area (Å²) in [6.07, 6.45) is 0. The van der Waals surface area contributed by atoms with Crippen LogP contribution in [0.3, 0.4) is 0 Å². The number of nitrogens with one attached hydrogen (secondary N) is 1. The van der Waals surface area contributed by atoms with Crippen molar-refractivity contribution in [3.8, 4) is 6.07 Å². The van der Waals surface area contributed by atoms with Gasteiger partial charge in [0.25, 0.3) is 5.56 Å². The molecule has 0 aliphatic carbocycles. The van der Waals surface area contributed by atoms with E-state index in [2.05, 4.69) is 21.2 Å². The van der Waals surface area contributed by atoms with E-state index in [1.165, 1.54) is 4.57 Å². The van der Waals surface area contributed by atoms with Gasteiger partial charge in [-0.05, 0) is 66.0 Å². The molecule has 0 radical (unpaired) electrons. The molecule has 0 aliphatic heterocycles. The van der Waals surface area contributed by atoms with Gasteiger partial charge in [0.2, 0.25) is 5.91 Å². The molecule has 1 aromatic carbocycles. The van der Waals surface area contributed by atoms with Gasteiger partial charge in [-0.3, -0.25) is 9.59 Å². The SMILES string of the molecule is Cc1ccc(NC(=O)Cn2c(C)cc(C)c(C#N)c2=O)c(Br)c1. The third-order valence-corrected chi connectivity index (χ3v) is 4.17. The Bertz CT molecular complexity index is 879. The van der Waals surface area contributed by atoms with Crippen LogP contribution in [0, 0.1) is 32.1 Å². The van der Waals surface area contributed by atoms with Crippen molar-refractivity contribution in [1.29, 1.82) is 5.26 Å². The fourth-order valence-electron chi connectivity index (χ4n) is 2.31. The lowest BCUT2D eigenvalue weighted by atomic mass is 10.1. The Morgan fingerprint density at radius 3 is 2.61 bits per heavy atom. The first kappa shape index (κ1) is 17.0. The van der Waals surface area contributed by atoms with Crippen LogP contribution in [0.1, 0.15) is 22.4 Å². The lowest BCUT2D eigenvalue weighted by Crippen LogP contribution is -2.31. The average Bonchev–Trinajstić information content (AvgIpc) is 2.47. The number of nitriles is 1. The fourth-order valence-corrected chi connectivity index (χ4v) is 2.91. The summed E-state index contributed by atoms with van der Waals surface area (Å²) in [7, 11) is 0. The molecule has 1 amide bonds. The number of aromatic nitrogens is 1. The van der Waals surface area contributed by atoms with Gasteiger partial charge in [0, 0.05) is 10.2 Å². The molecule has 0 bridgehead atoms. The number of hydrogen-bond donors (Lipinski definition) is 1. The minimum atomic E-state index is -0.442. The number of rotatable bonds is 3. The minimum absolute atomic E-state index is 0.0694. The van der Waals surface area contributed by atoms with Crippen molar-refractivity contribution in [2.45, 2.75) is 27.3 Å². The molecule has 118 valence electrons. The Kier molecular flexibility index (Phi) is 5.02. The maximum absolute atomic E-state index is 12.3. The Morgan fingerprint density at radius 1 is 1.30 bits per heavy atom. The first-order chi connectivity index (χ1) is 10.8. The Hall–Kier alpha value is -2.39. The first-order valence-corrected chi connectivity index (χ1v) is 7.80. The highest BCUT2D eigenvalue weighted by atomic mass is 79.9. The van der Waals surface area contributed by atoms with Crippen molar-refractivity contribution in [2.24, 2.45) is 0 Å². The highest BCUT2D eigenvalue weighted by Gasteiger charge is 2.13. The molecule has 1 N–H and O–H groups in total. The Balaban J connectivity index is 2.28. The third kappa shape index (κ3) is 3.69. The summed E-state index contributed by atoms with van der Waals surface area (Å²) in [5, 5.41) is 11.8. The predicted molar refractivity (Wildman–Crippen MR) is 92.4 cm³/mol. The Morgan fingerprint density at radius 2 is 2.00 bits per heavy atom. The molecular formula is C17H16BrN3O2. The highest BCUT2D eigenvalue weighted by molar-refractivity contribution is 9.10. The van der Waals surface area contributed by atoms with Crippen molar-refractivity contribution < 1.29 is 4.79 Å². The summed E-state index contributed by atoms with van der Waals surface area (Å²) >= 11 is 3.40. The van der Waals surface area contributed by atoms with Gasteiger partial charge in [-0.15, -0.1) is 0 Å². The van der Waals surface area contributed by atoms with E-state index in [1.807, 2.05) is 25.1 Å². The third-order valence-electron chi connectivity index (χ3n) is 3.52. The molecule has 23 heavy (non-hydrogen) atoms. The zero-order valence-electron chi connectivity index (χ0n) is 13.1. The fraction of sp³-hybridized carbons (Fsp3) is 0.235. The van der Waals surface area contributed by atoms with Crippen LogP contribution in [0.2, 0.25) is 0 Å². The number of hydrogen-bond acceptors (Lipinski definition) is 3. The predicted octanol–water partition coefficient (Wildman–Crippen LogP) is 3.05. The van der Waals surface area contributed by atoms with Crippen LogP contribution < -0.4 is 10.9 Å². The number of halogens is 1. The van der Waals surface area contributed by atoms with Gasteiger partial charge in [-0.25, -0.2) is 0 Å². The van der Waals surface area contributed by atoms with Crippen LogP contribution in [-0.4, -0.2) is 10.5 Å². The number of carbonyl (C=O) groups is 1. The number of carbonyl (C=O) groups excluding carboxylic acids is 1. The molecule has 5 nitrogen and oxygen atoms in total. The zero-order chi connectivity index (χ0) is 17.1. The van der Waals surface area contributed by atoms with E-state index in [-0.39, 0.29) is 18.0 Å². The Labute approximate surface area is 142 Å². The molecule has 0 aliphatic rings. The standard InChI is InChI=1S/C17H16BrN3O2/c1-10-4-5-15(14(18)6-10)20-16(22)9-21-12(3)7-11(2)13(8-19)17(21)23/h4-7H,9H2,1-3H3,(H,20,22). The molecule has 2 aromatic rings. The summed E-state index contributed by atoms with van der Waals surface area (Å²) in [4.78, 5) is 24.5. The van der Waals surface area contributed by atoms with Crippen molar-refractivity contribution in [3.63, 3.8) is 0 Å². The van der Waals surface area contributed by atoms with Gasteiger partial charge < -0.3 is 9.88 Å². The number of amides is 1. The van der Waals surface area contributed by atoms with Crippen LogP contribution >= 0.6 is 15.9 Å². The second kappa shape index (κ2) is 6.80. The number of anilines is 1. The van der Waals surface area contributed by atoms with Crippen LogP contribution in [0.25, 0.3) is 0 Å². The van der Waals surface area contributed by atoms with Gasteiger partial charge in [0.05, 0.1) is 5.69 Å². The zero-order valence-corrected chi connectivity index (χ0v) is 14.7. The summed E-state index contributed by atoms with van der Waals surface area (Å²) in [5.41, 5.74) is 2.60. The van der Waals surface area contributed by atoms with Crippen LogP contribution in [0.4, 0.5) is 5.69 Å². The second-order valence-corrected chi connectivity index (χ2v) is 6.23. The number of nitrogens with zero attached hydrogens (tertiary/aromatic N) is 2. The van der Waals surface area contributed by atoms with Gasteiger partial charge in [-0.1, -0.05) is 6.07 Å². The lowest BCUT2D eigenvalue weighted by molar-refractivity contribution is -0.116. The molecule has 0 spiro atoms. The molecule has 0 saturated carbocycles. The van der Waals surface area contributed by atoms with E-state index in [9.17, 15) is 9.59 Å². The van der Waals surface area contributed by atoms with E-state index in [1.54, 1.807) is 26.0 Å². The van der Waals surface area contributed by atoms with Crippen molar-refractivity contribution in [1.82, 2.24) is 4.57 Å². The maximum atomic E-state index is 12.3. The van der Waals surface area contributed by atoms with Gasteiger partial charge in [0.15, 0.2) is 0 Å². The average molecular weight is 374 g/mol. The van der Waals surface area contributed by atoms with Crippen molar-refractivity contribution in [2.75, 3.05) is 5.32 Å². The van der Waals surface area contributed by atoms with E-state index in [0.29, 0.717) is 16.9 Å². The van der Waals surface area contributed by atoms with Crippen LogP contribution in [-0.2, 0) is 11.3 Å². The van der Waals surface area contributed by atoms with E-state index >= 15 is 0 Å². The minimum Gasteiger partial charge on any atom is -0.324 e. The molecule has 6 heteroatoms. The van der Waals surface area contributed by atoms with Gasteiger partial charge >= 0.3 is 0 Å². The molecule has 0 saturated heterocycles. The van der Waals surface area contributed by atoms with E-state index in [4.69, 9.17) is 5.26 Å². The second-order valence-electron chi connectivity index (χ2n) is 5.38. The van der Waals surface area contributed by atoms with Gasteiger partial charge in [0.1, 0.15) is 18.2 Å². The normalized spacial score (nSPS) is 10.2. The van der Waals surface area contributed by atoms with Gasteiger partial charge in [-0.2, -0.15) is 5.26 Å². The summed E-state index contributed by atoms with van der Waals surface area (Å²) in [6.45, 7) is 5.26. The van der Waals surface area contributed by atoms with E-state index in [0.717, 1.165) is 10.0 Å². The molecule has 0 atom stereocenters. The molecule has 0 fully saturated rings. The molecular weight excluding hydrogens is 358 g/mol. The number of benzene rings is 1. The van der Waals surface area contributed by atoms with E-state index < -0.39 is 5.56 Å². The van der Waals surface area contributed by atoms with Crippen molar-refractivity contribution in [3.05, 3.63) is 61.5 Å². The number of pyridine rings is 1. The monoisotopic (exact) mass is 373 g/mol. The van der Waals surface area contributed by atoms with Crippen LogP contribution in [0.5, 0.6) is 0 Å². The van der Waals surface area contributed by atoms with Crippen molar-refractivity contribution >= 4 is 27.5 Å². The lowest BCUT2D eigenvalue weighted by Gasteiger charge is -2.13. The largest absolute Gasteiger partial charge is 0.324 e. The highest BCUT2D eigenvalue weighted by Crippen LogP contribution is 2.23. The molecule has 2 rings (SSSR count). The van der Waals surface area contributed by atoms with Crippen LogP contribution in [0.15, 0.2) is 33.5 Å².